The topological polar surface area (TPSA) is 237 Å². The molecule has 0 spiro atoms. The van der Waals surface area contributed by atoms with E-state index >= 15 is 0 Å². The van der Waals surface area contributed by atoms with Gasteiger partial charge >= 0.3 is 39.5 Å². The molecule has 0 fully saturated rings. The standard InChI is InChI=1S/C77H142O17P2/c1-5-9-13-17-21-25-29-33-35-39-42-46-50-54-58-62-75(80)88-68-73(94-77(82)64-60-56-52-48-44-40-36-34-30-26-22-18-14-10-6-2)70-92-96(85,86)90-66-71(78)65-89-95(83,84)91-69-72(93-76(81)63-59-55-51-47-43-38-32-28-24-20-16-12-8-4)67-87-74(79)61-57-53-49-45-41-37-31-27-23-19-15-11-7-3/h15,19,27,31,33-36,71-73,78H,5-14,16-18,20-26,28-30,32,37-70H2,1-4H3,(H,83,84)(H,85,86)/b19-15-,31-27-,35-33-,36-34-. The predicted molar refractivity (Wildman–Crippen MR) is 390 cm³/mol. The SMILES string of the molecule is CCC/C=C\C/C=C\CCCCCCCC(=O)OCC(COP(=O)(O)OCC(O)COP(=O)(O)OCC(COC(=O)CCCCCCC/C=C\CCCCCCCC)OC(=O)CCCCCCC/C=C\CCCCCCCC)OC(=O)CCCCCCCCCCCCCCC. The third kappa shape index (κ3) is 69.5. The predicted octanol–water partition coefficient (Wildman–Crippen LogP) is 22.1. The fraction of sp³-hybridized carbons (Fsp3) is 0.844. The van der Waals surface area contributed by atoms with Crippen molar-refractivity contribution in [3.63, 3.8) is 0 Å². The van der Waals surface area contributed by atoms with Crippen molar-refractivity contribution in [3.8, 4) is 0 Å². The van der Waals surface area contributed by atoms with Gasteiger partial charge in [0.1, 0.15) is 19.3 Å². The zero-order chi connectivity index (χ0) is 70.4. The number of carbonyl (C=O) groups excluding carboxylic acids is 4. The van der Waals surface area contributed by atoms with Crippen LogP contribution in [0.15, 0.2) is 48.6 Å². The van der Waals surface area contributed by atoms with Gasteiger partial charge < -0.3 is 33.8 Å². The molecule has 0 aliphatic rings. The van der Waals surface area contributed by atoms with Gasteiger partial charge in [-0.1, -0.05) is 282 Å². The highest BCUT2D eigenvalue weighted by Gasteiger charge is 2.30. The Kier molecular flexibility index (Phi) is 68.3. The lowest BCUT2D eigenvalue weighted by Crippen LogP contribution is -2.30. The van der Waals surface area contributed by atoms with Crippen molar-refractivity contribution in [1.82, 2.24) is 0 Å². The normalized spacial score (nSPS) is 14.2. The van der Waals surface area contributed by atoms with Gasteiger partial charge in [0.25, 0.3) is 0 Å². The Morgan fingerprint density at radius 3 is 0.823 bits per heavy atom. The molecule has 5 atom stereocenters. The van der Waals surface area contributed by atoms with Crippen LogP contribution in [0, 0.1) is 0 Å². The highest BCUT2D eigenvalue weighted by atomic mass is 31.2. The fourth-order valence-electron chi connectivity index (χ4n) is 10.8. The summed E-state index contributed by atoms with van der Waals surface area (Å²) in [5, 5.41) is 10.6. The van der Waals surface area contributed by atoms with Crippen molar-refractivity contribution < 1.29 is 80.2 Å². The van der Waals surface area contributed by atoms with Crippen LogP contribution >= 0.6 is 15.6 Å². The number of rotatable bonds is 74. The number of phosphoric acid groups is 2. The van der Waals surface area contributed by atoms with Gasteiger partial charge in [-0.15, -0.1) is 0 Å². The van der Waals surface area contributed by atoms with E-state index in [1.807, 2.05) is 0 Å². The lowest BCUT2D eigenvalue weighted by Gasteiger charge is -2.21. The molecule has 96 heavy (non-hydrogen) atoms. The molecule has 0 bridgehead atoms. The average molecular weight is 1400 g/mol. The molecule has 0 saturated heterocycles. The van der Waals surface area contributed by atoms with E-state index in [1.165, 1.54) is 128 Å². The Morgan fingerprint density at radius 1 is 0.292 bits per heavy atom. The molecule has 0 aliphatic heterocycles. The second-order valence-corrected chi connectivity index (χ2v) is 29.2. The number of allylic oxidation sites excluding steroid dienone is 8. The van der Waals surface area contributed by atoms with Gasteiger partial charge in [-0.25, -0.2) is 9.13 Å². The number of hydrogen-bond donors (Lipinski definition) is 3. The quantitative estimate of drug-likeness (QED) is 0.0169. The Morgan fingerprint density at radius 2 is 0.531 bits per heavy atom. The van der Waals surface area contributed by atoms with Gasteiger partial charge in [0.05, 0.1) is 26.4 Å². The zero-order valence-corrected chi connectivity index (χ0v) is 63.1. The van der Waals surface area contributed by atoms with Crippen LogP contribution < -0.4 is 0 Å². The van der Waals surface area contributed by atoms with Crippen LogP contribution in [0.25, 0.3) is 0 Å². The third-order valence-corrected chi connectivity index (χ3v) is 18.6. The number of unbranched alkanes of at least 4 members (excludes halogenated alkanes) is 40. The molecule has 0 aliphatic carbocycles. The summed E-state index contributed by atoms with van der Waals surface area (Å²) in [5.74, 6) is -2.17. The summed E-state index contributed by atoms with van der Waals surface area (Å²) < 4.78 is 68.5. The summed E-state index contributed by atoms with van der Waals surface area (Å²) in [7, 11) is -9.94. The molecule has 3 N–H and O–H groups in total. The molecular formula is C77H142O17P2. The maximum atomic E-state index is 13.1. The molecule has 0 saturated carbocycles. The van der Waals surface area contributed by atoms with E-state index in [0.29, 0.717) is 25.7 Å². The number of phosphoric ester groups is 2. The van der Waals surface area contributed by atoms with E-state index in [1.54, 1.807) is 0 Å². The molecule has 0 amide bonds. The summed E-state index contributed by atoms with van der Waals surface area (Å²) in [6.45, 7) is 4.83. The molecular weight excluding hydrogens is 1260 g/mol. The molecule has 5 unspecified atom stereocenters. The minimum Gasteiger partial charge on any atom is -0.462 e. The van der Waals surface area contributed by atoms with Crippen LogP contribution in [-0.4, -0.2) is 96.7 Å². The highest BCUT2D eigenvalue weighted by molar-refractivity contribution is 7.47. The van der Waals surface area contributed by atoms with E-state index in [4.69, 9.17) is 37.0 Å². The van der Waals surface area contributed by atoms with Crippen LogP contribution in [0.4, 0.5) is 0 Å². The van der Waals surface area contributed by atoms with Crippen LogP contribution in [-0.2, 0) is 65.4 Å². The molecule has 0 rings (SSSR count). The van der Waals surface area contributed by atoms with Gasteiger partial charge in [0.2, 0.25) is 0 Å². The lowest BCUT2D eigenvalue weighted by atomic mass is 10.0. The second-order valence-electron chi connectivity index (χ2n) is 26.3. The minimum atomic E-state index is -4.97. The van der Waals surface area contributed by atoms with E-state index in [-0.39, 0.29) is 25.7 Å². The highest BCUT2D eigenvalue weighted by Crippen LogP contribution is 2.45. The van der Waals surface area contributed by atoms with Gasteiger partial charge in [-0.3, -0.25) is 37.3 Å². The zero-order valence-electron chi connectivity index (χ0n) is 61.3. The Balaban J connectivity index is 5.32. The number of ether oxygens (including phenoxy) is 4. The van der Waals surface area contributed by atoms with Gasteiger partial charge in [0.15, 0.2) is 12.2 Å². The first-order valence-corrected chi connectivity index (χ1v) is 41.9. The van der Waals surface area contributed by atoms with Crippen molar-refractivity contribution in [2.75, 3.05) is 39.6 Å². The van der Waals surface area contributed by atoms with Crippen LogP contribution in [0.2, 0.25) is 0 Å². The number of aliphatic hydroxyl groups excluding tert-OH is 1. The summed E-state index contributed by atoms with van der Waals surface area (Å²) in [5.41, 5.74) is 0. The monoisotopic (exact) mass is 1400 g/mol. The van der Waals surface area contributed by atoms with Crippen molar-refractivity contribution in [3.05, 3.63) is 48.6 Å². The van der Waals surface area contributed by atoms with E-state index in [9.17, 15) is 43.2 Å². The van der Waals surface area contributed by atoms with Crippen molar-refractivity contribution >= 4 is 39.5 Å². The molecule has 17 nitrogen and oxygen atoms in total. The molecule has 19 heteroatoms. The maximum absolute atomic E-state index is 13.1. The second kappa shape index (κ2) is 70.5. The summed E-state index contributed by atoms with van der Waals surface area (Å²) in [4.78, 5) is 72.8. The first-order chi connectivity index (χ1) is 46.7. The van der Waals surface area contributed by atoms with Crippen LogP contribution in [0.3, 0.4) is 0 Å². The summed E-state index contributed by atoms with van der Waals surface area (Å²) in [6, 6.07) is 0. The Bertz CT molecular complexity index is 2010. The van der Waals surface area contributed by atoms with Gasteiger partial charge in [-0.2, -0.15) is 0 Å². The summed E-state index contributed by atoms with van der Waals surface area (Å²) in [6.07, 6.45) is 66.6. The Labute approximate surface area is 585 Å². The molecule has 562 valence electrons. The minimum absolute atomic E-state index is 0.0887. The molecule has 0 aromatic rings. The van der Waals surface area contributed by atoms with Crippen LogP contribution in [0.1, 0.15) is 362 Å². The fourth-order valence-corrected chi connectivity index (χ4v) is 12.4. The number of esters is 4. The molecule has 0 radical (unpaired) electrons. The molecule has 0 aromatic heterocycles. The van der Waals surface area contributed by atoms with Crippen molar-refractivity contribution in [1.29, 1.82) is 0 Å². The van der Waals surface area contributed by atoms with Crippen LogP contribution in [0.5, 0.6) is 0 Å². The lowest BCUT2D eigenvalue weighted by molar-refractivity contribution is -0.161. The smallest absolute Gasteiger partial charge is 0.462 e. The number of hydrogen-bond acceptors (Lipinski definition) is 15. The van der Waals surface area contributed by atoms with Gasteiger partial charge in [-0.05, 0) is 103 Å². The first kappa shape index (κ1) is 93.0. The number of aliphatic hydroxyl groups is 1. The maximum Gasteiger partial charge on any atom is 0.472 e. The largest absolute Gasteiger partial charge is 0.472 e. The molecule has 0 aromatic carbocycles. The molecule has 0 heterocycles. The van der Waals surface area contributed by atoms with E-state index in [2.05, 4.69) is 76.3 Å². The third-order valence-electron chi connectivity index (χ3n) is 16.7. The van der Waals surface area contributed by atoms with E-state index < -0.39 is 97.5 Å². The van der Waals surface area contributed by atoms with Gasteiger partial charge in [0, 0.05) is 25.7 Å². The summed E-state index contributed by atoms with van der Waals surface area (Å²) >= 11 is 0. The van der Waals surface area contributed by atoms with Crippen molar-refractivity contribution in [2.24, 2.45) is 0 Å². The first-order valence-electron chi connectivity index (χ1n) is 38.9. The van der Waals surface area contributed by atoms with E-state index in [0.717, 1.165) is 154 Å². The average Bonchev–Trinajstić information content (AvgIpc) is 1.17. The Hall–Kier alpha value is -2.98. The van der Waals surface area contributed by atoms with Crippen molar-refractivity contribution in [2.45, 2.75) is 380 Å². The number of carbonyl (C=O) groups is 4.